The molecule has 0 heterocycles. The second-order valence-corrected chi connectivity index (χ2v) is 6.98. The Hall–Kier alpha value is -2.22. The van der Waals surface area contributed by atoms with Crippen LogP contribution in [-0.4, -0.2) is 5.11 Å². The molecule has 1 nitrogen and oxygen atoms in total. The SMILES string of the molecule is Oc1cccc(C=C2c3ccccc3CCc3c2ccc(Cl)c3Cl)c1. The Morgan fingerprint density at radius 3 is 2.52 bits per heavy atom. The van der Waals surface area contributed by atoms with E-state index in [1.807, 2.05) is 24.3 Å². The zero-order valence-electron chi connectivity index (χ0n) is 13.5. The first kappa shape index (κ1) is 16.3. The summed E-state index contributed by atoms with van der Waals surface area (Å²) >= 11 is 12.8. The third kappa shape index (κ3) is 3.06. The van der Waals surface area contributed by atoms with Crippen molar-refractivity contribution in [2.24, 2.45) is 0 Å². The minimum Gasteiger partial charge on any atom is -0.508 e. The minimum absolute atomic E-state index is 0.255. The molecule has 1 aliphatic carbocycles. The summed E-state index contributed by atoms with van der Waals surface area (Å²) in [5.74, 6) is 0.255. The lowest BCUT2D eigenvalue weighted by atomic mass is 9.92. The predicted octanol–water partition coefficient (Wildman–Crippen LogP) is 6.39. The number of benzene rings is 3. The normalized spacial score (nSPS) is 14.7. The van der Waals surface area contributed by atoms with Gasteiger partial charge in [-0.15, -0.1) is 0 Å². The van der Waals surface area contributed by atoms with Crippen molar-refractivity contribution >= 4 is 34.9 Å². The predicted molar refractivity (Wildman–Crippen MR) is 105 cm³/mol. The Kier molecular flexibility index (Phi) is 4.29. The van der Waals surface area contributed by atoms with Crippen LogP contribution in [0.25, 0.3) is 11.6 Å². The van der Waals surface area contributed by atoms with Crippen molar-refractivity contribution in [3.05, 3.63) is 98.5 Å². The number of halogens is 2. The quantitative estimate of drug-likeness (QED) is 0.529. The molecule has 0 spiro atoms. The number of phenolic OH excluding ortho intramolecular Hbond substituents is 1. The summed E-state index contributed by atoms with van der Waals surface area (Å²) in [4.78, 5) is 0. The Balaban J connectivity index is 2.00. The van der Waals surface area contributed by atoms with Crippen molar-refractivity contribution < 1.29 is 5.11 Å². The second-order valence-electron chi connectivity index (χ2n) is 6.20. The van der Waals surface area contributed by atoms with Gasteiger partial charge in [0, 0.05) is 0 Å². The molecule has 0 bridgehead atoms. The van der Waals surface area contributed by atoms with Gasteiger partial charge in [0.05, 0.1) is 10.0 Å². The van der Waals surface area contributed by atoms with Gasteiger partial charge in [-0.3, -0.25) is 0 Å². The highest BCUT2D eigenvalue weighted by molar-refractivity contribution is 6.42. The summed E-state index contributed by atoms with van der Waals surface area (Å²) in [6.45, 7) is 0. The summed E-state index contributed by atoms with van der Waals surface area (Å²) < 4.78 is 0. The van der Waals surface area contributed by atoms with Gasteiger partial charge in [0.2, 0.25) is 0 Å². The van der Waals surface area contributed by atoms with Crippen molar-refractivity contribution in [1.29, 1.82) is 0 Å². The van der Waals surface area contributed by atoms with Gasteiger partial charge in [-0.25, -0.2) is 0 Å². The summed E-state index contributed by atoms with van der Waals surface area (Å²) in [6, 6.07) is 19.6. The lowest BCUT2D eigenvalue weighted by molar-refractivity contribution is 0.475. The smallest absolute Gasteiger partial charge is 0.116 e. The molecule has 0 amide bonds. The van der Waals surface area contributed by atoms with Crippen LogP contribution in [0, 0.1) is 0 Å². The molecule has 1 aliphatic rings. The Labute approximate surface area is 157 Å². The number of hydrogen-bond acceptors (Lipinski definition) is 1. The molecule has 124 valence electrons. The van der Waals surface area contributed by atoms with Crippen molar-refractivity contribution in [2.45, 2.75) is 12.8 Å². The van der Waals surface area contributed by atoms with E-state index in [0.717, 1.165) is 35.1 Å². The number of hydrogen-bond donors (Lipinski definition) is 1. The highest BCUT2D eigenvalue weighted by Crippen LogP contribution is 2.40. The molecular weight excluding hydrogens is 351 g/mol. The molecule has 0 atom stereocenters. The third-order valence-corrected chi connectivity index (χ3v) is 5.46. The number of phenols is 1. The molecule has 0 aliphatic heterocycles. The van der Waals surface area contributed by atoms with E-state index in [0.29, 0.717) is 10.0 Å². The van der Waals surface area contributed by atoms with Crippen molar-refractivity contribution in [3.63, 3.8) is 0 Å². The van der Waals surface area contributed by atoms with Crippen LogP contribution in [0.5, 0.6) is 5.75 Å². The molecule has 4 rings (SSSR count). The Morgan fingerprint density at radius 1 is 0.840 bits per heavy atom. The lowest BCUT2D eigenvalue weighted by Gasteiger charge is -2.14. The van der Waals surface area contributed by atoms with Gasteiger partial charge in [-0.05, 0) is 70.5 Å². The van der Waals surface area contributed by atoms with Crippen LogP contribution in [0.4, 0.5) is 0 Å². The van der Waals surface area contributed by atoms with Crippen molar-refractivity contribution in [2.75, 3.05) is 0 Å². The first-order chi connectivity index (χ1) is 12.1. The van der Waals surface area contributed by atoms with E-state index in [2.05, 4.69) is 30.3 Å². The first-order valence-corrected chi connectivity index (χ1v) is 8.95. The van der Waals surface area contributed by atoms with Crippen LogP contribution in [-0.2, 0) is 12.8 Å². The average Bonchev–Trinajstić information content (AvgIpc) is 2.76. The average molecular weight is 367 g/mol. The van der Waals surface area contributed by atoms with E-state index in [-0.39, 0.29) is 5.75 Å². The van der Waals surface area contributed by atoms with E-state index >= 15 is 0 Å². The van der Waals surface area contributed by atoms with Gasteiger partial charge in [0.1, 0.15) is 5.75 Å². The van der Waals surface area contributed by atoms with Gasteiger partial charge < -0.3 is 5.11 Å². The van der Waals surface area contributed by atoms with E-state index < -0.39 is 0 Å². The van der Waals surface area contributed by atoms with Crippen LogP contribution in [0.15, 0.2) is 60.7 Å². The van der Waals surface area contributed by atoms with E-state index in [9.17, 15) is 5.11 Å². The molecule has 1 N–H and O–H groups in total. The molecule has 3 aromatic carbocycles. The van der Waals surface area contributed by atoms with E-state index in [1.165, 1.54) is 11.1 Å². The molecule has 0 saturated heterocycles. The molecule has 3 heteroatoms. The summed E-state index contributed by atoms with van der Waals surface area (Å²) in [7, 11) is 0. The van der Waals surface area contributed by atoms with Crippen molar-refractivity contribution in [3.8, 4) is 5.75 Å². The standard InChI is InChI=1S/C22H16Cl2O/c23-21-11-10-18-19(22(21)24)9-8-15-5-1-2-7-17(15)20(18)13-14-4-3-6-16(25)12-14/h1-7,10-13,25H,8-9H2. The fourth-order valence-corrected chi connectivity index (χ4v) is 3.87. The third-order valence-electron chi connectivity index (χ3n) is 4.62. The van der Waals surface area contributed by atoms with Gasteiger partial charge >= 0.3 is 0 Å². The Bertz CT molecular complexity index is 989. The molecule has 3 aromatic rings. The number of aromatic hydroxyl groups is 1. The number of fused-ring (bicyclic) bond motifs is 2. The van der Waals surface area contributed by atoms with Crippen LogP contribution in [0.1, 0.15) is 27.8 Å². The summed E-state index contributed by atoms with van der Waals surface area (Å²) in [5, 5.41) is 11.0. The molecule has 0 radical (unpaired) electrons. The molecule has 0 fully saturated rings. The van der Waals surface area contributed by atoms with Gasteiger partial charge in [-0.2, -0.15) is 0 Å². The lowest BCUT2D eigenvalue weighted by Crippen LogP contribution is -1.94. The zero-order chi connectivity index (χ0) is 17.4. The van der Waals surface area contributed by atoms with E-state index in [4.69, 9.17) is 23.2 Å². The van der Waals surface area contributed by atoms with Crippen LogP contribution >= 0.6 is 23.2 Å². The molecule has 0 aromatic heterocycles. The second kappa shape index (κ2) is 6.59. The number of rotatable bonds is 1. The molecular formula is C22H16Cl2O. The van der Waals surface area contributed by atoms with Crippen molar-refractivity contribution in [1.82, 2.24) is 0 Å². The minimum atomic E-state index is 0.255. The summed E-state index contributed by atoms with van der Waals surface area (Å²) in [6.07, 6.45) is 3.87. The first-order valence-electron chi connectivity index (χ1n) is 8.20. The highest BCUT2D eigenvalue weighted by Gasteiger charge is 2.21. The van der Waals surface area contributed by atoms with Crippen LogP contribution in [0.2, 0.25) is 10.0 Å². The highest BCUT2D eigenvalue weighted by atomic mass is 35.5. The molecule has 0 unspecified atom stereocenters. The van der Waals surface area contributed by atoms with Crippen LogP contribution in [0.3, 0.4) is 0 Å². The topological polar surface area (TPSA) is 20.2 Å². The van der Waals surface area contributed by atoms with Gasteiger partial charge in [0.15, 0.2) is 0 Å². The molecule has 25 heavy (non-hydrogen) atoms. The fraction of sp³-hybridized carbons (Fsp3) is 0.0909. The van der Waals surface area contributed by atoms with E-state index in [1.54, 1.807) is 12.1 Å². The monoisotopic (exact) mass is 366 g/mol. The maximum absolute atomic E-state index is 9.80. The fourth-order valence-electron chi connectivity index (χ4n) is 3.43. The van der Waals surface area contributed by atoms with Gasteiger partial charge in [0.25, 0.3) is 0 Å². The molecule has 0 saturated carbocycles. The van der Waals surface area contributed by atoms with Gasteiger partial charge in [-0.1, -0.05) is 65.7 Å². The Morgan fingerprint density at radius 2 is 1.68 bits per heavy atom. The summed E-state index contributed by atoms with van der Waals surface area (Å²) in [5.41, 5.74) is 6.72. The largest absolute Gasteiger partial charge is 0.508 e. The number of aryl methyl sites for hydroxylation is 1. The zero-order valence-corrected chi connectivity index (χ0v) is 15.0. The maximum atomic E-state index is 9.80. The maximum Gasteiger partial charge on any atom is 0.116 e. The van der Waals surface area contributed by atoms with Crippen LogP contribution < -0.4 is 0 Å².